The van der Waals surface area contributed by atoms with Gasteiger partial charge in [-0.3, -0.25) is 4.79 Å². The molecule has 0 aliphatic carbocycles. The van der Waals surface area contributed by atoms with Crippen molar-refractivity contribution in [2.45, 2.75) is 39.0 Å². The summed E-state index contributed by atoms with van der Waals surface area (Å²) in [5, 5.41) is 11.3. The smallest absolute Gasteiger partial charge is 0.277 e. The maximum Gasteiger partial charge on any atom is 0.277 e. The minimum absolute atomic E-state index is 0.0609. The molecule has 1 aromatic carbocycles. The quantitative estimate of drug-likeness (QED) is 0.653. The van der Waals surface area contributed by atoms with Gasteiger partial charge in [-0.15, -0.1) is 10.2 Å². The van der Waals surface area contributed by atoms with Crippen LogP contribution in [0.15, 0.2) is 44.6 Å². The van der Waals surface area contributed by atoms with Crippen LogP contribution in [0.1, 0.15) is 35.4 Å². The molecule has 6 nitrogen and oxygen atoms in total. The van der Waals surface area contributed by atoms with E-state index in [2.05, 4.69) is 41.5 Å². The maximum absolute atomic E-state index is 12.2. The standard InChI is InChI=1S/C19H21N3O3S/c1-11-5-6-15(9-12(11)2)13(3)20-17(23)10-26-19-22-21-18(25-19)16-7-8-24-14(16)4/h5-9,13H,10H2,1-4H3,(H,20,23)/t13-/m1/s1. The van der Waals surface area contributed by atoms with E-state index in [9.17, 15) is 4.79 Å². The number of benzene rings is 1. The number of carbonyl (C=O) groups excluding carboxylic acids is 1. The van der Waals surface area contributed by atoms with Gasteiger partial charge in [0.1, 0.15) is 5.76 Å². The van der Waals surface area contributed by atoms with Crippen LogP contribution in [-0.4, -0.2) is 21.9 Å². The average molecular weight is 371 g/mol. The van der Waals surface area contributed by atoms with Crippen molar-refractivity contribution in [2.24, 2.45) is 0 Å². The molecule has 0 unspecified atom stereocenters. The predicted molar refractivity (Wildman–Crippen MR) is 99.9 cm³/mol. The Morgan fingerprint density at radius 1 is 1.19 bits per heavy atom. The van der Waals surface area contributed by atoms with E-state index < -0.39 is 0 Å². The Morgan fingerprint density at radius 2 is 2.00 bits per heavy atom. The summed E-state index contributed by atoms with van der Waals surface area (Å²) >= 11 is 1.21. The molecular formula is C19H21N3O3S. The lowest BCUT2D eigenvalue weighted by Crippen LogP contribution is -2.28. The second-order valence-corrected chi connectivity index (χ2v) is 7.11. The third-order valence-electron chi connectivity index (χ3n) is 4.23. The van der Waals surface area contributed by atoms with Crippen LogP contribution in [-0.2, 0) is 4.79 Å². The maximum atomic E-state index is 12.2. The van der Waals surface area contributed by atoms with Crippen LogP contribution < -0.4 is 5.32 Å². The van der Waals surface area contributed by atoms with E-state index >= 15 is 0 Å². The normalized spacial score (nSPS) is 12.2. The summed E-state index contributed by atoms with van der Waals surface area (Å²) < 4.78 is 10.8. The predicted octanol–water partition coefficient (Wildman–Crippen LogP) is 4.22. The summed E-state index contributed by atoms with van der Waals surface area (Å²) in [5.41, 5.74) is 4.30. The van der Waals surface area contributed by atoms with Gasteiger partial charge < -0.3 is 14.2 Å². The summed E-state index contributed by atoms with van der Waals surface area (Å²) in [6, 6.07) is 7.92. The zero-order chi connectivity index (χ0) is 18.7. The van der Waals surface area contributed by atoms with E-state index in [1.165, 1.54) is 22.9 Å². The topological polar surface area (TPSA) is 81.2 Å². The van der Waals surface area contributed by atoms with Crippen molar-refractivity contribution in [3.8, 4) is 11.5 Å². The van der Waals surface area contributed by atoms with Gasteiger partial charge in [0, 0.05) is 0 Å². The Labute approximate surface area is 156 Å². The zero-order valence-corrected chi connectivity index (χ0v) is 16.0. The van der Waals surface area contributed by atoms with Gasteiger partial charge in [-0.1, -0.05) is 30.0 Å². The molecule has 1 N–H and O–H groups in total. The first-order valence-electron chi connectivity index (χ1n) is 8.31. The summed E-state index contributed by atoms with van der Waals surface area (Å²) in [6.45, 7) is 7.94. The van der Waals surface area contributed by atoms with Crippen LogP contribution in [0.25, 0.3) is 11.5 Å². The van der Waals surface area contributed by atoms with Gasteiger partial charge >= 0.3 is 0 Å². The lowest BCUT2D eigenvalue weighted by molar-refractivity contribution is -0.119. The molecule has 0 aliphatic rings. The highest BCUT2D eigenvalue weighted by Gasteiger charge is 2.15. The van der Waals surface area contributed by atoms with Crippen molar-refractivity contribution in [3.05, 3.63) is 53.0 Å². The van der Waals surface area contributed by atoms with Crippen molar-refractivity contribution < 1.29 is 13.6 Å². The number of aryl methyl sites for hydroxylation is 3. The van der Waals surface area contributed by atoms with Crippen molar-refractivity contribution in [1.29, 1.82) is 0 Å². The average Bonchev–Trinajstić information content (AvgIpc) is 3.24. The van der Waals surface area contributed by atoms with Crippen LogP contribution in [0.3, 0.4) is 0 Å². The Bertz CT molecular complexity index is 916. The highest BCUT2D eigenvalue weighted by Crippen LogP contribution is 2.26. The van der Waals surface area contributed by atoms with Crippen LogP contribution in [0.5, 0.6) is 0 Å². The molecule has 26 heavy (non-hydrogen) atoms. The molecule has 0 saturated heterocycles. The van der Waals surface area contributed by atoms with E-state index in [4.69, 9.17) is 8.83 Å². The highest BCUT2D eigenvalue weighted by atomic mass is 32.2. The van der Waals surface area contributed by atoms with Crippen LogP contribution >= 0.6 is 11.8 Å². The van der Waals surface area contributed by atoms with E-state index in [0.717, 1.165) is 11.1 Å². The van der Waals surface area contributed by atoms with Crippen LogP contribution in [0.4, 0.5) is 0 Å². The molecule has 3 aromatic rings. The number of rotatable bonds is 6. The molecular weight excluding hydrogens is 350 g/mol. The number of amides is 1. The molecule has 1 amide bonds. The Balaban J connectivity index is 1.55. The number of aromatic nitrogens is 2. The molecule has 2 aromatic heterocycles. The molecule has 136 valence electrons. The monoisotopic (exact) mass is 371 g/mol. The number of hydrogen-bond donors (Lipinski definition) is 1. The third kappa shape index (κ3) is 4.16. The number of carbonyl (C=O) groups is 1. The van der Waals surface area contributed by atoms with Crippen LogP contribution in [0.2, 0.25) is 0 Å². The highest BCUT2D eigenvalue weighted by molar-refractivity contribution is 7.99. The summed E-state index contributed by atoms with van der Waals surface area (Å²) in [5.74, 6) is 1.23. The summed E-state index contributed by atoms with van der Waals surface area (Å²) in [7, 11) is 0. The largest absolute Gasteiger partial charge is 0.469 e. The number of hydrogen-bond acceptors (Lipinski definition) is 6. The molecule has 7 heteroatoms. The van der Waals surface area contributed by atoms with Crippen molar-refractivity contribution in [1.82, 2.24) is 15.5 Å². The van der Waals surface area contributed by atoms with Gasteiger partial charge in [-0.05, 0) is 50.5 Å². The van der Waals surface area contributed by atoms with Crippen molar-refractivity contribution in [3.63, 3.8) is 0 Å². The Hall–Kier alpha value is -2.54. The SMILES string of the molecule is Cc1ccc([C@@H](C)NC(=O)CSc2nnc(-c3ccoc3C)o2)cc1C. The van der Waals surface area contributed by atoms with E-state index in [1.807, 2.05) is 19.9 Å². The second-order valence-electron chi connectivity index (χ2n) is 6.19. The summed E-state index contributed by atoms with van der Waals surface area (Å²) in [4.78, 5) is 12.2. The molecule has 3 rings (SSSR count). The molecule has 0 fully saturated rings. The molecule has 0 aliphatic heterocycles. The fourth-order valence-corrected chi connectivity index (χ4v) is 3.09. The molecule has 1 atom stereocenters. The lowest BCUT2D eigenvalue weighted by Gasteiger charge is -2.15. The van der Waals surface area contributed by atoms with Gasteiger partial charge in [0.15, 0.2) is 0 Å². The number of furan rings is 1. The van der Waals surface area contributed by atoms with Gasteiger partial charge in [-0.2, -0.15) is 0 Å². The first kappa shape index (κ1) is 18.3. The molecule has 0 radical (unpaired) electrons. The first-order chi connectivity index (χ1) is 12.4. The fourth-order valence-electron chi connectivity index (χ4n) is 2.51. The van der Waals surface area contributed by atoms with Crippen molar-refractivity contribution >= 4 is 17.7 Å². The van der Waals surface area contributed by atoms with Gasteiger partial charge in [0.2, 0.25) is 5.91 Å². The van der Waals surface area contributed by atoms with Crippen LogP contribution in [0, 0.1) is 20.8 Å². The van der Waals surface area contributed by atoms with Gasteiger partial charge in [0.05, 0.1) is 23.6 Å². The van der Waals surface area contributed by atoms with Gasteiger partial charge in [-0.25, -0.2) is 0 Å². The lowest BCUT2D eigenvalue weighted by atomic mass is 10.0. The minimum Gasteiger partial charge on any atom is -0.469 e. The minimum atomic E-state index is -0.0834. The molecule has 0 spiro atoms. The fraction of sp³-hybridized carbons (Fsp3) is 0.316. The second kappa shape index (κ2) is 7.78. The van der Waals surface area contributed by atoms with E-state index in [-0.39, 0.29) is 17.7 Å². The van der Waals surface area contributed by atoms with Gasteiger partial charge in [0.25, 0.3) is 11.1 Å². The summed E-state index contributed by atoms with van der Waals surface area (Å²) in [6.07, 6.45) is 1.57. The number of nitrogens with one attached hydrogen (secondary N) is 1. The first-order valence-corrected chi connectivity index (χ1v) is 9.30. The number of thioether (sulfide) groups is 1. The zero-order valence-electron chi connectivity index (χ0n) is 15.2. The van der Waals surface area contributed by atoms with Crippen molar-refractivity contribution in [2.75, 3.05) is 5.75 Å². The molecule has 0 bridgehead atoms. The van der Waals surface area contributed by atoms with E-state index in [0.29, 0.717) is 16.9 Å². The third-order valence-corrected chi connectivity index (χ3v) is 5.05. The molecule has 0 saturated carbocycles. The Kier molecular flexibility index (Phi) is 5.46. The molecule has 2 heterocycles. The Morgan fingerprint density at radius 3 is 2.69 bits per heavy atom. The van der Waals surface area contributed by atoms with E-state index in [1.54, 1.807) is 12.3 Å². The number of nitrogens with zero attached hydrogens (tertiary/aromatic N) is 2.